The van der Waals surface area contributed by atoms with Crippen LogP contribution in [0.25, 0.3) is 0 Å². The molecule has 8 nitrogen and oxygen atoms in total. The molecule has 0 aliphatic heterocycles. The number of carbonyl (C=O) groups excluding carboxylic acids is 2. The lowest BCUT2D eigenvalue weighted by Gasteiger charge is -2.10. The molecule has 2 N–H and O–H groups in total. The van der Waals surface area contributed by atoms with Crippen molar-refractivity contribution in [2.45, 2.75) is 38.5 Å². The number of hydrogen-bond donors (Lipinski definition) is 2. The fourth-order valence-corrected chi connectivity index (χ4v) is 4.54. The van der Waals surface area contributed by atoms with Gasteiger partial charge >= 0.3 is 0 Å². The Morgan fingerprint density at radius 2 is 1.03 bits per heavy atom. The number of unbranched alkanes of at least 4 members (excludes halogenated alkanes) is 5. The predicted octanol–water partition coefficient (Wildman–Crippen LogP) is 5.76. The molecule has 0 bridgehead atoms. The number of benzene rings is 2. The van der Waals surface area contributed by atoms with Crippen LogP contribution >= 0.6 is 31.9 Å². The van der Waals surface area contributed by atoms with Crippen LogP contribution in [0.15, 0.2) is 45.3 Å². The van der Waals surface area contributed by atoms with Crippen molar-refractivity contribution >= 4 is 43.7 Å². The maximum Gasteiger partial charge on any atom is 0.251 e. The van der Waals surface area contributed by atoms with Crippen molar-refractivity contribution in [2.24, 2.45) is 0 Å². The first-order valence-corrected chi connectivity index (χ1v) is 14.4. The smallest absolute Gasteiger partial charge is 0.251 e. The first kappa shape index (κ1) is 32.1. The van der Waals surface area contributed by atoms with Gasteiger partial charge in [-0.3, -0.25) is 9.59 Å². The molecule has 2 aromatic rings. The van der Waals surface area contributed by atoms with E-state index in [-0.39, 0.29) is 11.8 Å². The van der Waals surface area contributed by atoms with E-state index in [1.807, 2.05) is 0 Å². The molecule has 2 aromatic carbocycles. The summed E-state index contributed by atoms with van der Waals surface area (Å²) >= 11 is 6.90. The first-order chi connectivity index (χ1) is 18.5. The zero-order chi connectivity index (χ0) is 27.6. The Labute approximate surface area is 242 Å². The third kappa shape index (κ3) is 12.1. The Morgan fingerprint density at radius 3 is 1.39 bits per heavy atom. The Balaban J connectivity index is 1.52. The number of methoxy groups -OCH3 is 2. The maximum atomic E-state index is 12.4. The van der Waals surface area contributed by atoms with Gasteiger partial charge in [-0.05, 0) is 81.1 Å². The number of rotatable bonds is 19. The average molecular weight is 658 g/mol. The van der Waals surface area contributed by atoms with E-state index in [1.54, 1.807) is 50.6 Å². The molecule has 0 fully saturated rings. The van der Waals surface area contributed by atoms with Crippen molar-refractivity contribution in [2.75, 3.05) is 53.7 Å². The summed E-state index contributed by atoms with van der Waals surface area (Å²) in [6, 6.07) is 10.6. The van der Waals surface area contributed by atoms with Gasteiger partial charge in [-0.2, -0.15) is 0 Å². The quantitative estimate of drug-likeness (QED) is 0.187. The molecular formula is C28H38Br2N2O6. The van der Waals surface area contributed by atoms with Crippen molar-refractivity contribution in [3.8, 4) is 11.5 Å². The molecule has 0 saturated carbocycles. The fourth-order valence-electron chi connectivity index (χ4n) is 3.55. The summed E-state index contributed by atoms with van der Waals surface area (Å²) < 4.78 is 22.6. The Morgan fingerprint density at radius 1 is 0.632 bits per heavy atom. The molecule has 0 heterocycles. The largest absolute Gasteiger partial charge is 0.490 e. The van der Waals surface area contributed by atoms with Crippen LogP contribution in [-0.4, -0.2) is 65.6 Å². The van der Waals surface area contributed by atoms with Crippen LogP contribution in [0.4, 0.5) is 0 Å². The van der Waals surface area contributed by atoms with Gasteiger partial charge in [0.25, 0.3) is 11.8 Å². The second-order valence-electron chi connectivity index (χ2n) is 8.61. The van der Waals surface area contributed by atoms with E-state index in [9.17, 15) is 9.59 Å². The monoisotopic (exact) mass is 656 g/mol. The highest BCUT2D eigenvalue weighted by Gasteiger charge is 2.10. The van der Waals surface area contributed by atoms with E-state index < -0.39 is 0 Å². The number of halogens is 2. The van der Waals surface area contributed by atoms with Crippen LogP contribution in [-0.2, 0) is 9.47 Å². The van der Waals surface area contributed by atoms with E-state index in [2.05, 4.69) is 42.5 Å². The average Bonchev–Trinajstić information content (AvgIpc) is 2.91. The van der Waals surface area contributed by atoms with Gasteiger partial charge in [-0.1, -0.05) is 25.7 Å². The first-order valence-electron chi connectivity index (χ1n) is 12.8. The van der Waals surface area contributed by atoms with E-state index >= 15 is 0 Å². The fraction of sp³-hybridized carbons (Fsp3) is 0.500. The summed E-state index contributed by atoms with van der Waals surface area (Å²) in [5.74, 6) is 1.18. The van der Waals surface area contributed by atoms with E-state index in [1.165, 1.54) is 0 Å². The zero-order valence-electron chi connectivity index (χ0n) is 22.2. The third-order valence-corrected chi connectivity index (χ3v) is 6.89. The van der Waals surface area contributed by atoms with Crippen molar-refractivity contribution in [3.05, 3.63) is 56.5 Å². The summed E-state index contributed by atoms with van der Waals surface area (Å²) in [5, 5.41) is 5.94. The molecule has 0 aliphatic rings. The van der Waals surface area contributed by atoms with Gasteiger partial charge < -0.3 is 29.6 Å². The molecule has 38 heavy (non-hydrogen) atoms. The maximum absolute atomic E-state index is 12.4. The molecule has 2 rings (SSSR count). The van der Waals surface area contributed by atoms with Crippen LogP contribution < -0.4 is 20.1 Å². The molecule has 210 valence electrons. The van der Waals surface area contributed by atoms with Crippen LogP contribution in [0.2, 0.25) is 0 Å². The number of nitrogens with one attached hydrogen (secondary N) is 2. The van der Waals surface area contributed by atoms with Gasteiger partial charge in [0.1, 0.15) is 24.7 Å². The highest BCUT2D eigenvalue weighted by molar-refractivity contribution is 9.10. The summed E-state index contributed by atoms with van der Waals surface area (Å²) in [5.41, 5.74) is 1.19. The van der Waals surface area contributed by atoms with Crippen molar-refractivity contribution in [1.82, 2.24) is 10.6 Å². The number of carbonyl (C=O) groups is 2. The Kier molecular flexibility index (Phi) is 16.0. The molecule has 0 unspecified atom stereocenters. The molecule has 0 aliphatic carbocycles. The number of amides is 2. The van der Waals surface area contributed by atoms with Crippen LogP contribution in [0.3, 0.4) is 0 Å². The van der Waals surface area contributed by atoms with Gasteiger partial charge in [0, 0.05) is 38.4 Å². The second-order valence-corrected chi connectivity index (χ2v) is 10.3. The minimum absolute atomic E-state index is 0.0924. The SMILES string of the molecule is COCCOc1ccc(C(=O)NCCCCCCCCNC(=O)c2ccc(OCCOC)c(Br)c2)cc1Br. The van der Waals surface area contributed by atoms with E-state index in [0.717, 1.165) is 47.5 Å². The van der Waals surface area contributed by atoms with Gasteiger partial charge in [0.2, 0.25) is 0 Å². The highest BCUT2D eigenvalue weighted by atomic mass is 79.9. The number of ether oxygens (including phenoxy) is 4. The topological polar surface area (TPSA) is 95.1 Å². The zero-order valence-corrected chi connectivity index (χ0v) is 25.3. The van der Waals surface area contributed by atoms with Crippen molar-refractivity contribution < 1.29 is 28.5 Å². The van der Waals surface area contributed by atoms with Crippen molar-refractivity contribution in [3.63, 3.8) is 0 Å². The number of hydrogen-bond acceptors (Lipinski definition) is 6. The lowest BCUT2D eigenvalue weighted by Crippen LogP contribution is -2.24. The minimum Gasteiger partial charge on any atom is -0.490 e. The van der Waals surface area contributed by atoms with Crippen LogP contribution in [0, 0.1) is 0 Å². The minimum atomic E-state index is -0.0924. The molecule has 0 atom stereocenters. The molecule has 0 spiro atoms. The predicted molar refractivity (Wildman–Crippen MR) is 155 cm³/mol. The Bertz CT molecular complexity index is 926. The summed E-state index contributed by atoms with van der Waals surface area (Å²) in [7, 11) is 3.25. The Hall–Kier alpha value is -2.14. The summed E-state index contributed by atoms with van der Waals surface area (Å²) in [6.07, 6.45) is 6.16. The van der Waals surface area contributed by atoms with E-state index in [0.29, 0.717) is 62.1 Å². The van der Waals surface area contributed by atoms with Crippen LogP contribution in [0.1, 0.15) is 59.2 Å². The van der Waals surface area contributed by atoms with E-state index in [4.69, 9.17) is 18.9 Å². The third-order valence-electron chi connectivity index (χ3n) is 5.65. The standard InChI is InChI=1S/C28H38Br2N2O6/c1-35-15-17-37-25-11-9-21(19-23(25)29)27(33)31-13-7-5-3-4-6-8-14-32-28(34)22-10-12-26(24(30)20-22)38-18-16-36-2/h9-12,19-20H,3-8,13-18H2,1-2H3,(H,31,33)(H,32,34). The highest BCUT2D eigenvalue weighted by Crippen LogP contribution is 2.27. The lowest BCUT2D eigenvalue weighted by molar-refractivity contribution is 0.0944. The summed E-state index contributed by atoms with van der Waals surface area (Å²) in [4.78, 5) is 24.8. The molecule has 10 heteroatoms. The van der Waals surface area contributed by atoms with Gasteiger partial charge in [-0.25, -0.2) is 0 Å². The van der Waals surface area contributed by atoms with Gasteiger partial charge in [0.15, 0.2) is 0 Å². The molecule has 0 saturated heterocycles. The summed E-state index contributed by atoms with van der Waals surface area (Å²) in [6.45, 7) is 3.20. The molecule has 0 radical (unpaired) electrons. The van der Waals surface area contributed by atoms with Crippen LogP contribution in [0.5, 0.6) is 11.5 Å². The molecular weight excluding hydrogens is 620 g/mol. The second kappa shape index (κ2) is 19.0. The van der Waals surface area contributed by atoms with Gasteiger partial charge in [-0.15, -0.1) is 0 Å². The van der Waals surface area contributed by atoms with Crippen molar-refractivity contribution in [1.29, 1.82) is 0 Å². The lowest BCUT2D eigenvalue weighted by atomic mass is 10.1. The molecule has 0 aromatic heterocycles. The molecule has 2 amide bonds. The normalized spacial score (nSPS) is 10.7. The van der Waals surface area contributed by atoms with Gasteiger partial charge in [0.05, 0.1) is 22.2 Å².